The predicted molar refractivity (Wildman–Crippen MR) is 63.8 cm³/mol. The standard InChI is InChI=1S/C9H9BrO2.C2HF3O2/c10-8-3-1-2-7(6-8)4-5-9(11)12;3-2(4,5)1(6)7/h1-3,6H,4-5H2,(H,11,12);(H,6,7). The smallest absolute Gasteiger partial charge is 0.481 e. The highest BCUT2D eigenvalue weighted by atomic mass is 79.9. The zero-order chi connectivity index (χ0) is 15.1. The molecule has 0 aromatic heterocycles. The van der Waals surface area contributed by atoms with Gasteiger partial charge >= 0.3 is 18.1 Å². The minimum absolute atomic E-state index is 0.191. The molecule has 106 valence electrons. The van der Waals surface area contributed by atoms with Crippen molar-refractivity contribution in [2.45, 2.75) is 19.0 Å². The second kappa shape index (κ2) is 7.78. The van der Waals surface area contributed by atoms with Crippen molar-refractivity contribution in [1.82, 2.24) is 0 Å². The third-order valence-electron chi connectivity index (χ3n) is 1.76. The van der Waals surface area contributed by atoms with E-state index in [1.807, 2.05) is 24.3 Å². The van der Waals surface area contributed by atoms with Crippen LogP contribution in [0.5, 0.6) is 0 Å². The van der Waals surface area contributed by atoms with E-state index in [1.165, 1.54) is 0 Å². The summed E-state index contributed by atoms with van der Waals surface area (Å²) in [7, 11) is 0. The third kappa shape index (κ3) is 9.06. The van der Waals surface area contributed by atoms with Crippen molar-refractivity contribution < 1.29 is 33.0 Å². The molecule has 0 unspecified atom stereocenters. The highest BCUT2D eigenvalue weighted by Gasteiger charge is 2.38. The molecule has 4 nitrogen and oxygen atoms in total. The monoisotopic (exact) mass is 342 g/mol. The first kappa shape index (κ1) is 17.4. The minimum atomic E-state index is -5.08. The summed E-state index contributed by atoms with van der Waals surface area (Å²) in [5, 5.41) is 15.6. The zero-order valence-corrected chi connectivity index (χ0v) is 11.0. The molecule has 19 heavy (non-hydrogen) atoms. The van der Waals surface area contributed by atoms with Gasteiger partial charge in [-0.25, -0.2) is 4.79 Å². The molecule has 0 saturated heterocycles. The molecule has 1 rings (SSSR count). The van der Waals surface area contributed by atoms with E-state index in [9.17, 15) is 18.0 Å². The Hall–Kier alpha value is -1.57. The number of carbonyl (C=O) groups is 2. The Morgan fingerprint density at radius 2 is 1.74 bits per heavy atom. The van der Waals surface area contributed by atoms with E-state index in [-0.39, 0.29) is 6.42 Å². The van der Waals surface area contributed by atoms with Crippen molar-refractivity contribution in [3.8, 4) is 0 Å². The maximum absolute atomic E-state index is 10.6. The summed E-state index contributed by atoms with van der Waals surface area (Å²) < 4.78 is 32.7. The van der Waals surface area contributed by atoms with Gasteiger partial charge in [0, 0.05) is 10.9 Å². The van der Waals surface area contributed by atoms with Crippen LogP contribution in [0.15, 0.2) is 28.7 Å². The van der Waals surface area contributed by atoms with E-state index >= 15 is 0 Å². The predicted octanol–water partition coefficient (Wildman–Crippen LogP) is 3.10. The molecule has 2 N–H and O–H groups in total. The Bertz CT molecular complexity index is 446. The fourth-order valence-corrected chi connectivity index (χ4v) is 1.39. The number of carboxylic acid groups (broad SMARTS) is 2. The molecule has 8 heteroatoms. The number of aliphatic carboxylic acids is 2. The molecule has 0 bridgehead atoms. The molecular weight excluding hydrogens is 333 g/mol. The van der Waals surface area contributed by atoms with Crippen LogP contribution in [0.25, 0.3) is 0 Å². The zero-order valence-electron chi connectivity index (χ0n) is 9.45. The van der Waals surface area contributed by atoms with Gasteiger partial charge in [-0.05, 0) is 24.1 Å². The molecule has 0 radical (unpaired) electrons. The normalized spacial score (nSPS) is 10.3. The Labute approximate surface area is 115 Å². The second-order valence-electron chi connectivity index (χ2n) is 3.33. The van der Waals surface area contributed by atoms with Crippen LogP contribution in [0.1, 0.15) is 12.0 Å². The van der Waals surface area contributed by atoms with Crippen LogP contribution in [-0.4, -0.2) is 28.3 Å². The maximum Gasteiger partial charge on any atom is 0.490 e. The first-order valence-electron chi connectivity index (χ1n) is 4.89. The molecular formula is C11H10BrF3O4. The van der Waals surface area contributed by atoms with Gasteiger partial charge in [0.2, 0.25) is 0 Å². The molecule has 0 atom stereocenters. The number of carboxylic acids is 2. The Morgan fingerprint density at radius 3 is 2.11 bits per heavy atom. The first-order chi connectivity index (χ1) is 8.62. The number of halogens is 4. The van der Waals surface area contributed by atoms with Gasteiger partial charge in [-0.3, -0.25) is 4.79 Å². The third-order valence-corrected chi connectivity index (χ3v) is 2.25. The van der Waals surface area contributed by atoms with Crippen LogP contribution < -0.4 is 0 Å². The highest BCUT2D eigenvalue weighted by Crippen LogP contribution is 2.13. The number of benzene rings is 1. The van der Waals surface area contributed by atoms with Crippen molar-refractivity contribution in [2.24, 2.45) is 0 Å². The van der Waals surface area contributed by atoms with E-state index in [4.69, 9.17) is 15.0 Å². The van der Waals surface area contributed by atoms with Gasteiger partial charge in [-0.2, -0.15) is 13.2 Å². The first-order valence-corrected chi connectivity index (χ1v) is 5.68. The molecule has 0 amide bonds. The van der Waals surface area contributed by atoms with Gasteiger partial charge in [0.05, 0.1) is 0 Å². The van der Waals surface area contributed by atoms with Crippen molar-refractivity contribution in [3.05, 3.63) is 34.3 Å². The van der Waals surface area contributed by atoms with Gasteiger partial charge in [0.1, 0.15) is 0 Å². The molecule has 0 heterocycles. The SMILES string of the molecule is O=C(O)C(F)(F)F.O=C(O)CCc1cccc(Br)c1. The summed E-state index contributed by atoms with van der Waals surface area (Å²) in [4.78, 5) is 19.1. The lowest BCUT2D eigenvalue weighted by molar-refractivity contribution is -0.192. The van der Waals surface area contributed by atoms with E-state index in [0.717, 1.165) is 10.0 Å². The average Bonchev–Trinajstić information content (AvgIpc) is 2.26. The van der Waals surface area contributed by atoms with Crippen LogP contribution >= 0.6 is 15.9 Å². The summed E-state index contributed by atoms with van der Waals surface area (Å²) in [5.74, 6) is -3.51. The molecule has 1 aromatic rings. The van der Waals surface area contributed by atoms with E-state index in [2.05, 4.69) is 15.9 Å². The molecule has 0 aliphatic carbocycles. The fourth-order valence-electron chi connectivity index (χ4n) is 0.944. The summed E-state index contributed by atoms with van der Waals surface area (Å²) in [5.41, 5.74) is 1.05. The van der Waals surface area contributed by atoms with Crippen LogP contribution in [0, 0.1) is 0 Å². The highest BCUT2D eigenvalue weighted by molar-refractivity contribution is 9.10. The van der Waals surface area contributed by atoms with Crippen LogP contribution in [-0.2, 0) is 16.0 Å². The fraction of sp³-hybridized carbons (Fsp3) is 0.273. The van der Waals surface area contributed by atoms with Crippen LogP contribution in [0.4, 0.5) is 13.2 Å². The average molecular weight is 343 g/mol. The Kier molecular flexibility index (Phi) is 7.13. The minimum Gasteiger partial charge on any atom is -0.481 e. The number of rotatable bonds is 3. The van der Waals surface area contributed by atoms with E-state index in [0.29, 0.717) is 6.42 Å². The van der Waals surface area contributed by atoms with Gasteiger partial charge in [0.15, 0.2) is 0 Å². The molecule has 0 aliphatic rings. The van der Waals surface area contributed by atoms with Gasteiger partial charge in [-0.15, -0.1) is 0 Å². The quantitative estimate of drug-likeness (QED) is 0.885. The number of aryl methyl sites for hydroxylation is 1. The molecule has 0 spiro atoms. The largest absolute Gasteiger partial charge is 0.490 e. The molecule has 0 saturated carbocycles. The van der Waals surface area contributed by atoms with Crippen molar-refractivity contribution in [1.29, 1.82) is 0 Å². The molecule has 1 aromatic carbocycles. The summed E-state index contributed by atoms with van der Waals surface area (Å²) >= 11 is 3.32. The molecule has 0 fully saturated rings. The van der Waals surface area contributed by atoms with Crippen LogP contribution in [0.3, 0.4) is 0 Å². The maximum atomic E-state index is 10.6. The summed E-state index contributed by atoms with van der Waals surface area (Å²) in [6.07, 6.45) is -4.30. The van der Waals surface area contributed by atoms with Crippen molar-refractivity contribution in [2.75, 3.05) is 0 Å². The lowest BCUT2D eigenvalue weighted by Gasteiger charge is -1.98. The Balaban J connectivity index is 0.000000399. The second-order valence-corrected chi connectivity index (χ2v) is 4.24. The Morgan fingerprint density at radius 1 is 1.21 bits per heavy atom. The topological polar surface area (TPSA) is 74.6 Å². The summed E-state index contributed by atoms with van der Waals surface area (Å²) in [6.45, 7) is 0. The van der Waals surface area contributed by atoms with E-state index < -0.39 is 18.1 Å². The number of hydrogen-bond acceptors (Lipinski definition) is 2. The lowest BCUT2D eigenvalue weighted by atomic mass is 10.1. The van der Waals surface area contributed by atoms with Crippen LogP contribution in [0.2, 0.25) is 0 Å². The number of hydrogen-bond donors (Lipinski definition) is 2. The van der Waals surface area contributed by atoms with E-state index in [1.54, 1.807) is 0 Å². The van der Waals surface area contributed by atoms with Gasteiger partial charge < -0.3 is 10.2 Å². The van der Waals surface area contributed by atoms with Gasteiger partial charge in [-0.1, -0.05) is 28.1 Å². The molecule has 0 aliphatic heterocycles. The lowest BCUT2D eigenvalue weighted by Crippen LogP contribution is -2.21. The van der Waals surface area contributed by atoms with Crippen molar-refractivity contribution >= 4 is 27.9 Å². The number of alkyl halides is 3. The van der Waals surface area contributed by atoms with Gasteiger partial charge in [0.25, 0.3) is 0 Å². The van der Waals surface area contributed by atoms with Crippen molar-refractivity contribution in [3.63, 3.8) is 0 Å². The summed E-state index contributed by atoms with van der Waals surface area (Å²) in [6, 6.07) is 7.68.